The van der Waals surface area contributed by atoms with Crippen LogP contribution < -0.4 is 25.8 Å². The number of ether oxygens (including phenoxy) is 2. The van der Waals surface area contributed by atoms with Crippen molar-refractivity contribution in [3.8, 4) is 11.5 Å². The molecule has 0 radical (unpaired) electrons. The van der Waals surface area contributed by atoms with Crippen LogP contribution in [0.4, 0.5) is 5.69 Å². The minimum atomic E-state index is -1.66. The molecule has 7 N–H and O–H groups in total. The molecular weight excluding hydrogens is 460 g/mol. The number of rotatable bonds is 6. The van der Waals surface area contributed by atoms with Crippen molar-refractivity contribution >= 4 is 35.5 Å². The van der Waals surface area contributed by atoms with Crippen molar-refractivity contribution in [2.75, 3.05) is 11.9 Å². The Morgan fingerprint density at radius 3 is 2.60 bits per heavy atom. The molecule has 0 fully saturated rings. The van der Waals surface area contributed by atoms with Gasteiger partial charge in [0.1, 0.15) is 6.04 Å². The third-order valence-electron chi connectivity index (χ3n) is 5.18. The quantitative estimate of drug-likeness (QED) is 0.151. The highest BCUT2D eigenvalue weighted by molar-refractivity contribution is 6.02. The molecule has 1 aliphatic heterocycles. The van der Waals surface area contributed by atoms with Crippen LogP contribution in [0.3, 0.4) is 0 Å². The number of esters is 1. The number of carboxylic acid groups (broad SMARTS) is 2. The molecule has 1 amide bonds. The number of anilines is 1. The van der Waals surface area contributed by atoms with Gasteiger partial charge in [0.25, 0.3) is 5.91 Å². The van der Waals surface area contributed by atoms with E-state index in [-0.39, 0.29) is 35.2 Å². The number of aryl methyl sites for hydroxylation is 2. The van der Waals surface area contributed by atoms with Crippen LogP contribution in [0.1, 0.15) is 44.7 Å². The number of carbonyl (C=O) groups is 4. The first-order valence-electron chi connectivity index (χ1n) is 10.5. The van der Waals surface area contributed by atoms with E-state index < -0.39 is 36.3 Å². The summed E-state index contributed by atoms with van der Waals surface area (Å²) in [6, 6.07) is 6.09. The summed E-state index contributed by atoms with van der Waals surface area (Å²) in [7, 11) is 0. The van der Waals surface area contributed by atoms with Crippen molar-refractivity contribution in [1.82, 2.24) is 5.32 Å². The predicted molar refractivity (Wildman–Crippen MR) is 123 cm³/mol. The number of guanidine groups is 1. The van der Waals surface area contributed by atoms with Crippen molar-refractivity contribution in [2.24, 2.45) is 5.73 Å². The lowest BCUT2D eigenvalue weighted by Gasteiger charge is -2.21. The zero-order valence-electron chi connectivity index (χ0n) is 18.7. The van der Waals surface area contributed by atoms with Crippen LogP contribution >= 0.6 is 0 Å². The van der Waals surface area contributed by atoms with Crippen LogP contribution in [0.25, 0.3) is 0 Å². The molecule has 184 valence electrons. The van der Waals surface area contributed by atoms with E-state index >= 15 is 0 Å². The van der Waals surface area contributed by atoms with Gasteiger partial charge in [0, 0.05) is 5.69 Å². The molecule has 3 rings (SSSR count). The predicted octanol–water partition coefficient (Wildman–Crippen LogP) is 1.50. The van der Waals surface area contributed by atoms with Gasteiger partial charge in [-0.05, 0) is 55.2 Å². The number of aliphatic carboxylic acids is 2. The fraction of sp³-hybridized carbons (Fsp3) is 0.261. The Hall–Kier alpha value is -4.61. The van der Waals surface area contributed by atoms with Gasteiger partial charge in [-0.2, -0.15) is 0 Å². The summed E-state index contributed by atoms with van der Waals surface area (Å²) in [5.41, 5.74) is 7.19. The average Bonchev–Trinajstić information content (AvgIpc) is 2.76. The summed E-state index contributed by atoms with van der Waals surface area (Å²) in [5, 5.41) is 30.4. The smallest absolute Gasteiger partial charge is 0.343 e. The number of hydrogen-bond acceptors (Lipinski definition) is 7. The first-order valence-corrected chi connectivity index (χ1v) is 10.5. The highest BCUT2D eigenvalue weighted by atomic mass is 16.6. The van der Waals surface area contributed by atoms with Gasteiger partial charge in [0.2, 0.25) is 0 Å². The normalized spacial score (nSPS) is 13.7. The molecule has 35 heavy (non-hydrogen) atoms. The zero-order valence-corrected chi connectivity index (χ0v) is 18.7. The van der Waals surface area contributed by atoms with E-state index in [1.807, 2.05) is 0 Å². The molecule has 2 aromatic carbocycles. The highest BCUT2D eigenvalue weighted by Gasteiger charge is 2.29. The molecule has 2 aromatic rings. The Kier molecular flexibility index (Phi) is 7.54. The van der Waals surface area contributed by atoms with E-state index in [0.29, 0.717) is 29.7 Å². The summed E-state index contributed by atoms with van der Waals surface area (Å²) in [4.78, 5) is 48.3. The molecular formula is C23H24N4O8. The van der Waals surface area contributed by atoms with Crippen molar-refractivity contribution < 1.29 is 38.9 Å². The Morgan fingerprint density at radius 2 is 1.94 bits per heavy atom. The molecule has 0 saturated heterocycles. The standard InChI is InChI=1S/C23H24N4O8/c1-11-4-7-16-19(18(11)20(30)27-15(21(31)32)10-17(28)29)34-8-2-3-12-9-13(26-23(24)25)5-6-14(12)22(33)35-16/h4-7,9,15H,2-3,8,10H2,1H3,(H,27,30)(H,28,29)(H,31,32)(H4,24,25,26). The molecule has 12 nitrogen and oxygen atoms in total. The Morgan fingerprint density at radius 1 is 1.20 bits per heavy atom. The Balaban J connectivity index is 1.96. The van der Waals surface area contributed by atoms with Crippen LogP contribution in [0, 0.1) is 12.3 Å². The summed E-state index contributed by atoms with van der Waals surface area (Å²) >= 11 is 0. The van der Waals surface area contributed by atoms with E-state index in [1.165, 1.54) is 18.2 Å². The molecule has 0 aliphatic carbocycles. The maximum atomic E-state index is 13.0. The van der Waals surface area contributed by atoms with Gasteiger partial charge in [-0.15, -0.1) is 0 Å². The molecule has 1 unspecified atom stereocenters. The lowest BCUT2D eigenvalue weighted by atomic mass is 10.0. The summed E-state index contributed by atoms with van der Waals surface area (Å²) in [5.74, 6) is -4.82. The van der Waals surface area contributed by atoms with Crippen LogP contribution in [0.15, 0.2) is 30.3 Å². The van der Waals surface area contributed by atoms with Gasteiger partial charge in [-0.3, -0.25) is 15.0 Å². The molecule has 1 atom stereocenters. The molecule has 0 aromatic heterocycles. The van der Waals surface area contributed by atoms with Crippen molar-refractivity contribution in [2.45, 2.75) is 32.2 Å². The number of fused-ring (bicyclic) bond motifs is 2. The van der Waals surface area contributed by atoms with Crippen LogP contribution in [0.2, 0.25) is 0 Å². The van der Waals surface area contributed by atoms with E-state index in [9.17, 15) is 24.3 Å². The second-order valence-corrected chi connectivity index (χ2v) is 7.80. The molecule has 0 spiro atoms. The van der Waals surface area contributed by atoms with E-state index in [2.05, 4.69) is 10.6 Å². The summed E-state index contributed by atoms with van der Waals surface area (Å²) in [6.45, 7) is 1.72. The Labute approximate surface area is 199 Å². The van der Waals surface area contributed by atoms with Crippen molar-refractivity contribution in [3.63, 3.8) is 0 Å². The molecule has 0 saturated carbocycles. The minimum Gasteiger partial charge on any atom is -0.489 e. The third kappa shape index (κ3) is 6.05. The third-order valence-corrected chi connectivity index (χ3v) is 5.18. The number of nitrogens with two attached hydrogens (primary N) is 1. The number of carbonyl (C=O) groups excluding carboxylic acids is 2. The van der Waals surface area contributed by atoms with E-state index in [4.69, 9.17) is 25.7 Å². The van der Waals surface area contributed by atoms with Crippen LogP contribution in [0.5, 0.6) is 11.5 Å². The lowest BCUT2D eigenvalue weighted by molar-refractivity contribution is -0.145. The fourth-order valence-corrected chi connectivity index (χ4v) is 3.60. The van der Waals surface area contributed by atoms with Gasteiger partial charge >= 0.3 is 17.9 Å². The summed E-state index contributed by atoms with van der Waals surface area (Å²) < 4.78 is 11.3. The molecule has 1 aliphatic rings. The zero-order chi connectivity index (χ0) is 25.7. The van der Waals surface area contributed by atoms with Crippen molar-refractivity contribution in [3.05, 3.63) is 52.6 Å². The number of amides is 1. The topological polar surface area (TPSA) is 201 Å². The molecule has 12 heteroatoms. The molecule has 1 heterocycles. The number of carboxylic acids is 2. The lowest BCUT2D eigenvalue weighted by Crippen LogP contribution is -2.42. The van der Waals surface area contributed by atoms with Gasteiger partial charge in [-0.25, -0.2) is 9.59 Å². The van der Waals surface area contributed by atoms with Crippen LogP contribution in [-0.4, -0.2) is 52.6 Å². The fourth-order valence-electron chi connectivity index (χ4n) is 3.60. The second kappa shape index (κ2) is 10.5. The first kappa shape index (κ1) is 25.0. The minimum absolute atomic E-state index is 0.0466. The number of benzene rings is 2. The van der Waals surface area contributed by atoms with Gasteiger partial charge in [0.15, 0.2) is 17.5 Å². The summed E-state index contributed by atoms with van der Waals surface area (Å²) in [6.07, 6.45) is 0.0531. The highest BCUT2D eigenvalue weighted by Crippen LogP contribution is 2.36. The van der Waals surface area contributed by atoms with Crippen molar-refractivity contribution in [1.29, 1.82) is 5.41 Å². The molecule has 0 bridgehead atoms. The number of nitrogens with one attached hydrogen (secondary N) is 3. The monoisotopic (exact) mass is 484 g/mol. The SMILES string of the molecule is Cc1ccc2c(c1C(=O)NC(CC(=O)O)C(=O)O)OCCCc1cc(NC(=N)N)ccc1C(=O)O2. The van der Waals surface area contributed by atoms with Gasteiger partial charge in [-0.1, -0.05) is 6.07 Å². The largest absolute Gasteiger partial charge is 0.489 e. The van der Waals surface area contributed by atoms with E-state index in [1.54, 1.807) is 19.1 Å². The maximum absolute atomic E-state index is 13.0. The number of hydrogen-bond donors (Lipinski definition) is 6. The van der Waals surface area contributed by atoms with E-state index in [0.717, 1.165) is 0 Å². The maximum Gasteiger partial charge on any atom is 0.343 e. The Bertz CT molecular complexity index is 1210. The van der Waals surface area contributed by atoms with Gasteiger partial charge < -0.3 is 36.1 Å². The van der Waals surface area contributed by atoms with Gasteiger partial charge in [0.05, 0.1) is 24.2 Å². The van der Waals surface area contributed by atoms with Crippen LogP contribution in [-0.2, 0) is 16.0 Å². The second-order valence-electron chi connectivity index (χ2n) is 7.80. The first-order chi connectivity index (χ1) is 16.6. The average molecular weight is 484 g/mol.